The van der Waals surface area contributed by atoms with Crippen molar-refractivity contribution in [3.63, 3.8) is 0 Å². The third-order valence-electron chi connectivity index (χ3n) is 3.04. The summed E-state index contributed by atoms with van der Waals surface area (Å²) >= 11 is 0. The largest absolute Gasteiger partial charge is 0.481 e. The van der Waals surface area contributed by atoms with E-state index >= 15 is 0 Å². The third kappa shape index (κ3) is 2.64. The van der Waals surface area contributed by atoms with E-state index in [-0.39, 0.29) is 12.3 Å². The fourth-order valence-corrected chi connectivity index (χ4v) is 2.06. The zero-order chi connectivity index (χ0) is 12.9. The van der Waals surface area contributed by atoms with Crippen molar-refractivity contribution >= 4 is 11.9 Å². The molecule has 0 bridgehead atoms. The Morgan fingerprint density at radius 1 is 1.29 bits per heavy atom. The van der Waals surface area contributed by atoms with Gasteiger partial charge in [-0.3, -0.25) is 9.59 Å². The zero-order valence-electron chi connectivity index (χ0n) is 10.1. The van der Waals surface area contributed by atoms with Gasteiger partial charge >= 0.3 is 5.97 Å². The normalized spacial score (nSPS) is 13.8. The Balaban J connectivity index is 3.25. The Bertz CT molecular complexity index is 402. The van der Waals surface area contributed by atoms with Gasteiger partial charge in [0.1, 0.15) is 0 Å². The van der Waals surface area contributed by atoms with Crippen LogP contribution < -0.4 is 5.32 Å². The SMILES string of the molecule is CCC(CC(=O)O)(C(=O)NC)c1ccccc1. The van der Waals surface area contributed by atoms with Crippen molar-refractivity contribution in [2.24, 2.45) is 0 Å². The average molecular weight is 235 g/mol. The van der Waals surface area contributed by atoms with Crippen molar-refractivity contribution in [3.8, 4) is 0 Å². The van der Waals surface area contributed by atoms with Crippen LogP contribution in [0.2, 0.25) is 0 Å². The highest BCUT2D eigenvalue weighted by Gasteiger charge is 2.39. The fraction of sp³-hybridized carbons (Fsp3) is 0.385. The predicted molar refractivity (Wildman–Crippen MR) is 64.7 cm³/mol. The first-order chi connectivity index (χ1) is 8.06. The molecular formula is C13H17NO3. The highest BCUT2D eigenvalue weighted by molar-refractivity contribution is 5.91. The van der Waals surface area contributed by atoms with E-state index in [1.54, 1.807) is 12.1 Å². The molecule has 0 spiro atoms. The van der Waals surface area contributed by atoms with Crippen LogP contribution in [0.25, 0.3) is 0 Å². The van der Waals surface area contributed by atoms with Crippen LogP contribution in [0.15, 0.2) is 30.3 Å². The van der Waals surface area contributed by atoms with E-state index in [1.165, 1.54) is 7.05 Å². The smallest absolute Gasteiger partial charge is 0.304 e. The van der Waals surface area contributed by atoms with Crippen LogP contribution in [0.1, 0.15) is 25.3 Å². The molecule has 92 valence electrons. The number of carboxylic acid groups (broad SMARTS) is 1. The van der Waals surface area contributed by atoms with E-state index in [4.69, 9.17) is 5.11 Å². The number of likely N-dealkylation sites (N-methyl/N-ethyl adjacent to an activating group) is 1. The van der Waals surface area contributed by atoms with Gasteiger partial charge in [-0.2, -0.15) is 0 Å². The van der Waals surface area contributed by atoms with Gasteiger partial charge < -0.3 is 10.4 Å². The van der Waals surface area contributed by atoms with Gasteiger partial charge in [0, 0.05) is 7.05 Å². The molecule has 0 aliphatic carbocycles. The molecule has 4 nitrogen and oxygen atoms in total. The molecule has 1 aromatic rings. The lowest BCUT2D eigenvalue weighted by Gasteiger charge is -2.29. The Kier molecular flexibility index (Phi) is 4.26. The van der Waals surface area contributed by atoms with Crippen molar-refractivity contribution in [2.45, 2.75) is 25.2 Å². The number of carbonyl (C=O) groups is 2. The lowest BCUT2D eigenvalue weighted by molar-refractivity contribution is -0.142. The summed E-state index contributed by atoms with van der Waals surface area (Å²) in [6.07, 6.45) is 0.246. The van der Waals surface area contributed by atoms with E-state index in [0.29, 0.717) is 6.42 Å². The molecule has 1 unspecified atom stereocenters. The van der Waals surface area contributed by atoms with Crippen LogP contribution in [0.5, 0.6) is 0 Å². The molecule has 17 heavy (non-hydrogen) atoms. The molecule has 0 fully saturated rings. The fourth-order valence-electron chi connectivity index (χ4n) is 2.06. The highest BCUT2D eigenvalue weighted by atomic mass is 16.4. The molecule has 2 N–H and O–H groups in total. The van der Waals surface area contributed by atoms with Crippen molar-refractivity contribution in [2.75, 3.05) is 7.05 Å². The lowest BCUT2D eigenvalue weighted by Crippen LogP contribution is -2.44. The van der Waals surface area contributed by atoms with Crippen LogP contribution in [0.4, 0.5) is 0 Å². The number of benzene rings is 1. The lowest BCUT2D eigenvalue weighted by atomic mass is 9.74. The molecule has 0 radical (unpaired) electrons. The number of hydrogen-bond donors (Lipinski definition) is 2. The van der Waals surface area contributed by atoms with Crippen LogP contribution >= 0.6 is 0 Å². The van der Waals surface area contributed by atoms with E-state index < -0.39 is 11.4 Å². The molecule has 0 aliphatic rings. The molecule has 0 aromatic heterocycles. The highest BCUT2D eigenvalue weighted by Crippen LogP contribution is 2.32. The number of hydrogen-bond acceptors (Lipinski definition) is 2. The van der Waals surface area contributed by atoms with Gasteiger partial charge in [0.15, 0.2) is 0 Å². The van der Waals surface area contributed by atoms with Gasteiger partial charge in [0.25, 0.3) is 0 Å². The van der Waals surface area contributed by atoms with Crippen molar-refractivity contribution in [1.82, 2.24) is 5.32 Å². The summed E-state index contributed by atoms with van der Waals surface area (Å²) in [6.45, 7) is 1.82. The number of amides is 1. The zero-order valence-corrected chi connectivity index (χ0v) is 10.1. The first-order valence-electron chi connectivity index (χ1n) is 5.56. The molecule has 0 saturated heterocycles. The minimum Gasteiger partial charge on any atom is -0.481 e. The van der Waals surface area contributed by atoms with E-state index in [9.17, 15) is 9.59 Å². The third-order valence-corrected chi connectivity index (χ3v) is 3.04. The second kappa shape index (κ2) is 5.48. The number of rotatable bonds is 5. The number of carboxylic acids is 1. The van der Waals surface area contributed by atoms with Crippen molar-refractivity contribution in [3.05, 3.63) is 35.9 Å². The maximum atomic E-state index is 12.0. The van der Waals surface area contributed by atoms with Gasteiger partial charge in [-0.25, -0.2) is 0 Å². The van der Waals surface area contributed by atoms with E-state index in [1.807, 2.05) is 25.1 Å². The quantitative estimate of drug-likeness (QED) is 0.813. The van der Waals surface area contributed by atoms with Crippen molar-refractivity contribution < 1.29 is 14.7 Å². The minimum absolute atomic E-state index is 0.201. The summed E-state index contributed by atoms with van der Waals surface area (Å²) in [7, 11) is 1.53. The molecule has 1 aromatic carbocycles. The topological polar surface area (TPSA) is 66.4 Å². The van der Waals surface area contributed by atoms with E-state index in [0.717, 1.165) is 5.56 Å². The van der Waals surface area contributed by atoms with E-state index in [2.05, 4.69) is 5.32 Å². The maximum absolute atomic E-state index is 12.0. The Morgan fingerprint density at radius 3 is 2.29 bits per heavy atom. The van der Waals surface area contributed by atoms with Crippen LogP contribution in [-0.4, -0.2) is 24.0 Å². The standard InChI is InChI=1S/C13H17NO3/c1-3-13(9-11(15)16,12(17)14-2)10-7-5-4-6-8-10/h4-8H,3,9H2,1-2H3,(H,14,17)(H,15,16). The van der Waals surface area contributed by atoms with Gasteiger partial charge in [0.2, 0.25) is 5.91 Å². The second-order valence-corrected chi connectivity index (χ2v) is 3.95. The van der Waals surface area contributed by atoms with Gasteiger partial charge in [-0.05, 0) is 12.0 Å². The molecule has 0 saturated carbocycles. The maximum Gasteiger partial charge on any atom is 0.304 e. The molecule has 0 aliphatic heterocycles. The van der Waals surface area contributed by atoms with Crippen LogP contribution in [-0.2, 0) is 15.0 Å². The summed E-state index contributed by atoms with van der Waals surface area (Å²) in [6, 6.07) is 9.05. The monoisotopic (exact) mass is 235 g/mol. The van der Waals surface area contributed by atoms with Gasteiger partial charge in [-0.15, -0.1) is 0 Å². The average Bonchev–Trinajstić information content (AvgIpc) is 2.35. The molecule has 1 rings (SSSR count). The van der Waals surface area contributed by atoms with Crippen LogP contribution in [0, 0.1) is 0 Å². The molecule has 4 heteroatoms. The predicted octanol–water partition coefficient (Wildman–Crippen LogP) is 1.56. The second-order valence-electron chi connectivity index (χ2n) is 3.95. The molecule has 1 atom stereocenters. The van der Waals surface area contributed by atoms with Gasteiger partial charge in [0.05, 0.1) is 11.8 Å². The van der Waals surface area contributed by atoms with Crippen LogP contribution in [0.3, 0.4) is 0 Å². The molecular weight excluding hydrogens is 218 g/mol. The minimum atomic E-state index is -0.984. The summed E-state index contributed by atoms with van der Waals surface area (Å²) in [4.78, 5) is 23.0. The van der Waals surface area contributed by atoms with Gasteiger partial charge in [-0.1, -0.05) is 37.3 Å². The number of nitrogens with one attached hydrogen (secondary N) is 1. The first kappa shape index (κ1) is 13.2. The van der Waals surface area contributed by atoms with Crippen molar-refractivity contribution in [1.29, 1.82) is 0 Å². The molecule has 0 heterocycles. The molecule has 1 amide bonds. The number of aliphatic carboxylic acids is 1. The summed E-state index contributed by atoms with van der Waals surface area (Å²) in [5.74, 6) is -1.23. The summed E-state index contributed by atoms with van der Waals surface area (Å²) < 4.78 is 0. The summed E-state index contributed by atoms with van der Waals surface area (Å²) in [5, 5.41) is 11.6. The Hall–Kier alpha value is -1.84. The summed E-state index contributed by atoms with van der Waals surface area (Å²) in [5.41, 5.74) is -0.244. The first-order valence-corrected chi connectivity index (χ1v) is 5.56. The number of carbonyl (C=O) groups excluding carboxylic acids is 1. The Morgan fingerprint density at radius 2 is 1.88 bits per heavy atom. The Labute approximate surface area is 101 Å².